The van der Waals surface area contributed by atoms with E-state index in [4.69, 9.17) is 32.7 Å². The minimum Gasteiger partial charge on any atom is -0.507 e. The molecule has 3 aromatic rings. The first-order valence-electron chi connectivity index (χ1n) is 10.6. The molecule has 0 spiro atoms. The smallest absolute Gasteiger partial charge is 0.300 e. The number of aliphatic hydroxyl groups excluding tert-OH is 1. The first kappa shape index (κ1) is 22.3. The van der Waals surface area contributed by atoms with Crippen molar-refractivity contribution >= 4 is 46.3 Å². The minimum absolute atomic E-state index is 0.0385. The Kier molecular flexibility index (Phi) is 5.71. The third-order valence-electron chi connectivity index (χ3n) is 5.74. The van der Waals surface area contributed by atoms with Gasteiger partial charge in [-0.15, -0.1) is 0 Å². The number of anilines is 1. The number of Topliss-reactive ketones (excluding diaryl/α,β-unsaturated/α-hetero) is 1. The lowest BCUT2D eigenvalue weighted by Gasteiger charge is -2.26. The van der Waals surface area contributed by atoms with Gasteiger partial charge in [-0.3, -0.25) is 14.5 Å². The molecule has 34 heavy (non-hydrogen) atoms. The Morgan fingerprint density at radius 2 is 1.65 bits per heavy atom. The zero-order valence-electron chi connectivity index (χ0n) is 18.0. The second-order valence-corrected chi connectivity index (χ2v) is 8.94. The van der Waals surface area contributed by atoms with Crippen LogP contribution < -0.4 is 14.4 Å². The van der Waals surface area contributed by atoms with Crippen molar-refractivity contribution in [3.63, 3.8) is 0 Å². The Morgan fingerprint density at radius 3 is 2.35 bits per heavy atom. The molecule has 172 valence electrons. The van der Waals surface area contributed by atoms with Gasteiger partial charge in [0.1, 0.15) is 19.0 Å². The summed E-state index contributed by atoms with van der Waals surface area (Å²) in [6.45, 7) is 2.71. The monoisotopic (exact) mass is 495 g/mol. The molecule has 2 aliphatic rings. The molecule has 1 N–H and O–H groups in total. The van der Waals surface area contributed by atoms with Gasteiger partial charge in [-0.05, 0) is 48.9 Å². The lowest BCUT2D eigenvalue weighted by atomic mass is 9.94. The zero-order valence-corrected chi connectivity index (χ0v) is 19.6. The summed E-state index contributed by atoms with van der Waals surface area (Å²) >= 11 is 12.4. The van der Waals surface area contributed by atoms with Crippen molar-refractivity contribution in [2.45, 2.75) is 13.0 Å². The molecule has 0 radical (unpaired) electrons. The van der Waals surface area contributed by atoms with E-state index in [-0.39, 0.29) is 11.3 Å². The second-order valence-electron chi connectivity index (χ2n) is 8.07. The molecule has 5 rings (SSSR count). The van der Waals surface area contributed by atoms with E-state index in [9.17, 15) is 14.7 Å². The summed E-state index contributed by atoms with van der Waals surface area (Å²) in [4.78, 5) is 27.9. The summed E-state index contributed by atoms with van der Waals surface area (Å²) in [6, 6.07) is 16.1. The molecule has 1 amide bonds. The molecule has 0 saturated carbocycles. The number of hydrogen-bond donors (Lipinski definition) is 1. The van der Waals surface area contributed by atoms with Gasteiger partial charge >= 0.3 is 0 Å². The van der Waals surface area contributed by atoms with Gasteiger partial charge in [-0.25, -0.2) is 0 Å². The van der Waals surface area contributed by atoms with Crippen LogP contribution in [0.1, 0.15) is 22.7 Å². The molecular formula is C26H19Cl2NO5. The van der Waals surface area contributed by atoms with E-state index in [2.05, 4.69) is 0 Å². The maximum atomic E-state index is 13.3. The summed E-state index contributed by atoms with van der Waals surface area (Å²) < 4.78 is 11.2. The number of hydrogen-bond acceptors (Lipinski definition) is 5. The van der Waals surface area contributed by atoms with Gasteiger partial charge in [0.25, 0.3) is 11.7 Å². The average molecular weight is 496 g/mol. The van der Waals surface area contributed by atoms with Gasteiger partial charge in [0.05, 0.1) is 11.6 Å². The molecule has 1 fully saturated rings. The third-order valence-corrected chi connectivity index (χ3v) is 6.18. The number of benzene rings is 3. The molecule has 0 aromatic heterocycles. The highest BCUT2D eigenvalue weighted by Crippen LogP contribution is 2.44. The lowest BCUT2D eigenvalue weighted by Crippen LogP contribution is -2.29. The fourth-order valence-electron chi connectivity index (χ4n) is 4.28. The molecule has 1 atom stereocenters. The van der Waals surface area contributed by atoms with E-state index in [0.717, 1.165) is 5.56 Å². The predicted molar refractivity (Wildman–Crippen MR) is 130 cm³/mol. The molecule has 1 saturated heterocycles. The van der Waals surface area contributed by atoms with Crippen LogP contribution in [-0.4, -0.2) is 30.0 Å². The zero-order chi connectivity index (χ0) is 24.0. The fourth-order valence-corrected chi connectivity index (χ4v) is 4.79. The van der Waals surface area contributed by atoms with Crippen LogP contribution in [0.4, 0.5) is 5.69 Å². The molecule has 8 heteroatoms. The van der Waals surface area contributed by atoms with Crippen molar-refractivity contribution in [2.24, 2.45) is 0 Å². The highest BCUT2D eigenvalue weighted by Gasteiger charge is 2.47. The lowest BCUT2D eigenvalue weighted by molar-refractivity contribution is -0.132. The summed E-state index contributed by atoms with van der Waals surface area (Å²) in [7, 11) is 0. The summed E-state index contributed by atoms with van der Waals surface area (Å²) in [5.74, 6) is -0.901. The largest absolute Gasteiger partial charge is 0.507 e. The SMILES string of the molecule is Cc1cccc(C2/C(=C(/O)c3ccc4c(c3)OCCO4)C(=O)C(=O)N2c2cc(Cl)cc(Cl)c2)c1. The second kappa shape index (κ2) is 8.70. The molecule has 2 heterocycles. The Hall–Kier alpha value is -3.48. The number of ether oxygens (including phenoxy) is 2. The molecule has 1 unspecified atom stereocenters. The quantitative estimate of drug-likeness (QED) is 0.286. The summed E-state index contributed by atoms with van der Waals surface area (Å²) in [5, 5.41) is 12.0. The maximum absolute atomic E-state index is 13.3. The molecular weight excluding hydrogens is 477 g/mol. The number of ketones is 1. The van der Waals surface area contributed by atoms with E-state index < -0.39 is 17.7 Å². The summed E-state index contributed by atoms with van der Waals surface area (Å²) in [5.41, 5.74) is 2.25. The third kappa shape index (κ3) is 3.89. The Morgan fingerprint density at radius 1 is 0.941 bits per heavy atom. The molecule has 0 bridgehead atoms. The van der Waals surface area contributed by atoms with Gasteiger partial charge < -0.3 is 14.6 Å². The molecule has 0 aliphatic carbocycles. The molecule has 2 aliphatic heterocycles. The maximum Gasteiger partial charge on any atom is 0.300 e. The standard InChI is InChI=1S/C26H19Cl2NO5/c1-14-3-2-4-15(9-14)23-22(24(30)16-5-6-20-21(10-16)34-8-7-33-20)25(31)26(32)29(23)19-12-17(27)11-18(28)13-19/h2-6,9-13,23,30H,7-8H2,1H3/b24-22-. The van der Waals surface area contributed by atoms with Crippen LogP contribution in [0.5, 0.6) is 11.5 Å². The van der Waals surface area contributed by atoms with Gasteiger partial charge in [0.2, 0.25) is 0 Å². The predicted octanol–water partition coefficient (Wildman–Crippen LogP) is 5.70. The van der Waals surface area contributed by atoms with Crippen LogP contribution in [0.25, 0.3) is 5.76 Å². The van der Waals surface area contributed by atoms with Gasteiger partial charge in [0, 0.05) is 21.3 Å². The number of aliphatic hydroxyl groups is 1. The minimum atomic E-state index is -0.886. The first-order valence-corrected chi connectivity index (χ1v) is 11.3. The van der Waals surface area contributed by atoms with Crippen LogP contribution in [0.3, 0.4) is 0 Å². The highest BCUT2D eigenvalue weighted by atomic mass is 35.5. The number of halogens is 2. The van der Waals surface area contributed by atoms with E-state index in [0.29, 0.717) is 51.6 Å². The van der Waals surface area contributed by atoms with Crippen LogP contribution >= 0.6 is 23.2 Å². The van der Waals surface area contributed by atoms with Gasteiger partial charge in [0.15, 0.2) is 11.5 Å². The van der Waals surface area contributed by atoms with Crippen molar-refractivity contribution in [2.75, 3.05) is 18.1 Å². The van der Waals surface area contributed by atoms with E-state index in [1.807, 2.05) is 25.1 Å². The van der Waals surface area contributed by atoms with Crippen LogP contribution in [0.2, 0.25) is 10.0 Å². The Labute approximate surface area is 205 Å². The number of carbonyl (C=O) groups is 2. The van der Waals surface area contributed by atoms with Crippen LogP contribution in [-0.2, 0) is 9.59 Å². The Balaban J connectivity index is 1.72. The van der Waals surface area contributed by atoms with Crippen LogP contribution in [0, 0.1) is 6.92 Å². The van der Waals surface area contributed by atoms with Crippen molar-refractivity contribution in [3.05, 3.63) is 93.0 Å². The fraction of sp³-hybridized carbons (Fsp3) is 0.154. The number of nitrogens with zero attached hydrogens (tertiary/aromatic N) is 1. The van der Waals surface area contributed by atoms with E-state index in [1.54, 1.807) is 42.5 Å². The van der Waals surface area contributed by atoms with E-state index in [1.165, 1.54) is 4.90 Å². The van der Waals surface area contributed by atoms with Crippen molar-refractivity contribution in [1.82, 2.24) is 0 Å². The first-order chi connectivity index (χ1) is 16.3. The van der Waals surface area contributed by atoms with Crippen molar-refractivity contribution in [3.8, 4) is 11.5 Å². The molecule has 6 nitrogen and oxygen atoms in total. The Bertz CT molecular complexity index is 1350. The van der Waals surface area contributed by atoms with Crippen molar-refractivity contribution < 1.29 is 24.2 Å². The number of aryl methyl sites for hydroxylation is 1. The highest BCUT2D eigenvalue weighted by molar-refractivity contribution is 6.52. The number of carbonyl (C=O) groups excluding carboxylic acids is 2. The average Bonchev–Trinajstić information content (AvgIpc) is 3.08. The van der Waals surface area contributed by atoms with Crippen molar-refractivity contribution in [1.29, 1.82) is 0 Å². The number of amides is 1. The van der Waals surface area contributed by atoms with E-state index >= 15 is 0 Å². The van der Waals surface area contributed by atoms with Gasteiger partial charge in [-0.2, -0.15) is 0 Å². The van der Waals surface area contributed by atoms with Crippen LogP contribution in [0.15, 0.2) is 66.2 Å². The molecule has 3 aromatic carbocycles. The normalized spacial score (nSPS) is 18.9. The summed E-state index contributed by atoms with van der Waals surface area (Å²) in [6.07, 6.45) is 0. The number of rotatable bonds is 3. The van der Waals surface area contributed by atoms with Gasteiger partial charge in [-0.1, -0.05) is 53.0 Å². The topological polar surface area (TPSA) is 76.1 Å². The number of fused-ring (bicyclic) bond motifs is 1.